The number of ether oxygens (including phenoxy) is 2. The first kappa shape index (κ1) is 23.4. The first-order valence-electron chi connectivity index (χ1n) is 11.9. The molecule has 0 aromatic heterocycles. The van der Waals surface area contributed by atoms with Crippen LogP contribution in [0.25, 0.3) is 0 Å². The quantitative estimate of drug-likeness (QED) is 0.250. The molecular formula is C28H28Br2N2O2. The second-order valence-electron chi connectivity index (χ2n) is 8.77. The van der Waals surface area contributed by atoms with Crippen LogP contribution in [0.15, 0.2) is 80.8 Å². The van der Waals surface area contributed by atoms with Gasteiger partial charge in [-0.3, -0.25) is 0 Å². The molecule has 2 atom stereocenters. The number of hydrazone groups is 1. The fourth-order valence-electron chi connectivity index (χ4n) is 4.59. The van der Waals surface area contributed by atoms with E-state index in [1.54, 1.807) is 0 Å². The number of hydrogen-bond acceptors (Lipinski definition) is 4. The number of benzene rings is 3. The van der Waals surface area contributed by atoms with Crippen molar-refractivity contribution < 1.29 is 9.47 Å². The third-order valence-electron chi connectivity index (χ3n) is 6.35. The van der Waals surface area contributed by atoms with E-state index < -0.39 is 0 Å². The van der Waals surface area contributed by atoms with Crippen molar-refractivity contribution in [2.45, 2.75) is 51.3 Å². The summed E-state index contributed by atoms with van der Waals surface area (Å²) in [5.74, 6) is 1.78. The highest BCUT2D eigenvalue weighted by Gasteiger charge is 2.41. The van der Waals surface area contributed by atoms with E-state index in [1.165, 1.54) is 19.3 Å². The van der Waals surface area contributed by atoms with Gasteiger partial charge in [0.05, 0.1) is 22.8 Å². The average Bonchev–Trinajstić information content (AvgIpc) is 3.31. The molecule has 0 unspecified atom stereocenters. The molecule has 0 fully saturated rings. The van der Waals surface area contributed by atoms with E-state index in [4.69, 9.17) is 14.6 Å². The van der Waals surface area contributed by atoms with Gasteiger partial charge in [-0.2, -0.15) is 5.10 Å². The molecule has 3 aromatic rings. The lowest BCUT2D eigenvalue weighted by atomic mass is 9.96. The Bertz CT molecular complexity index is 1170. The first-order chi connectivity index (χ1) is 16.6. The summed E-state index contributed by atoms with van der Waals surface area (Å²) in [5, 5.41) is 7.18. The molecule has 0 amide bonds. The van der Waals surface area contributed by atoms with Crippen molar-refractivity contribution in [3.63, 3.8) is 0 Å². The average molecular weight is 584 g/mol. The van der Waals surface area contributed by atoms with Crippen LogP contribution in [0.1, 0.15) is 68.0 Å². The van der Waals surface area contributed by atoms with Crippen LogP contribution in [-0.2, 0) is 0 Å². The molecule has 6 heteroatoms. The zero-order valence-corrected chi connectivity index (χ0v) is 22.4. The van der Waals surface area contributed by atoms with Crippen molar-refractivity contribution in [1.82, 2.24) is 5.01 Å². The molecule has 2 heterocycles. The standard InChI is InChI=1S/C28H28Br2N2O2/c1-2-3-4-8-15-33-22-13-11-20(12-14-22)28-32-26(18-25(31-32)19-9-6-5-7-10-19)23-16-21(29)17-24(30)27(23)34-28/h5-7,9-14,16-17,26,28H,2-4,8,15,18H2,1H3/t26-,28+/m1/s1. The van der Waals surface area contributed by atoms with E-state index >= 15 is 0 Å². The summed E-state index contributed by atoms with van der Waals surface area (Å²) in [6.07, 6.45) is 5.32. The smallest absolute Gasteiger partial charge is 0.213 e. The molecule has 0 aliphatic carbocycles. The molecule has 0 bridgehead atoms. The van der Waals surface area contributed by atoms with Gasteiger partial charge >= 0.3 is 0 Å². The highest BCUT2D eigenvalue weighted by molar-refractivity contribution is 9.11. The lowest BCUT2D eigenvalue weighted by Gasteiger charge is -2.38. The van der Waals surface area contributed by atoms with Gasteiger partial charge in [-0.05, 0) is 64.3 Å². The van der Waals surface area contributed by atoms with Crippen molar-refractivity contribution in [1.29, 1.82) is 0 Å². The Hall–Kier alpha value is -2.31. The maximum absolute atomic E-state index is 6.58. The SMILES string of the molecule is CCCCCCOc1ccc([C@@H]2Oc3c(Br)cc(Br)cc3[C@H]3CC(c4ccccc4)=NN32)cc1. The van der Waals surface area contributed by atoms with Crippen molar-refractivity contribution in [3.8, 4) is 11.5 Å². The van der Waals surface area contributed by atoms with Gasteiger partial charge in [0, 0.05) is 22.0 Å². The van der Waals surface area contributed by atoms with Crippen molar-refractivity contribution in [3.05, 3.63) is 92.4 Å². The number of nitrogens with zero attached hydrogens (tertiary/aromatic N) is 2. The molecule has 0 spiro atoms. The number of hydrogen-bond donors (Lipinski definition) is 0. The second-order valence-corrected chi connectivity index (χ2v) is 10.5. The lowest BCUT2D eigenvalue weighted by molar-refractivity contribution is -0.0197. The maximum Gasteiger partial charge on any atom is 0.213 e. The largest absolute Gasteiger partial charge is 0.494 e. The monoisotopic (exact) mass is 582 g/mol. The summed E-state index contributed by atoms with van der Waals surface area (Å²) >= 11 is 7.36. The van der Waals surface area contributed by atoms with E-state index in [1.807, 2.05) is 24.3 Å². The van der Waals surface area contributed by atoms with E-state index in [2.05, 4.69) is 86.3 Å². The molecule has 3 aromatic carbocycles. The Morgan fingerprint density at radius 3 is 2.56 bits per heavy atom. The molecule has 0 N–H and O–H groups in total. The van der Waals surface area contributed by atoms with Gasteiger partial charge in [-0.15, -0.1) is 0 Å². The summed E-state index contributed by atoms with van der Waals surface area (Å²) < 4.78 is 14.5. The van der Waals surface area contributed by atoms with Crippen LogP contribution in [0, 0.1) is 0 Å². The number of unbranched alkanes of at least 4 members (excludes halogenated alkanes) is 3. The molecule has 0 saturated heterocycles. The van der Waals surface area contributed by atoms with Crippen molar-refractivity contribution >= 4 is 37.6 Å². The maximum atomic E-state index is 6.58. The fraction of sp³-hybridized carbons (Fsp3) is 0.321. The third-order valence-corrected chi connectivity index (χ3v) is 7.39. The van der Waals surface area contributed by atoms with Gasteiger partial charge in [0.2, 0.25) is 6.23 Å². The summed E-state index contributed by atoms with van der Waals surface area (Å²) in [6.45, 7) is 2.98. The fourth-order valence-corrected chi connectivity index (χ4v) is 5.94. The van der Waals surface area contributed by atoms with E-state index in [-0.39, 0.29) is 12.3 Å². The van der Waals surface area contributed by atoms with Crippen LogP contribution >= 0.6 is 31.9 Å². The molecule has 0 saturated carbocycles. The molecule has 5 rings (SSSR count). The summed E-state index contributed by atoms with van der Waals surface area (Å²) in [4.78, 5) is 0. The minimum Gasteiger partial charge on any atom is -0.494 e. The molecule has 176 valence electrons. The molecular weight excluding hydrogens is 556 g/mol. The molecule has 0 radical (unpaired) electrons. The third kappa shape index (κ3) is 4.89. The van der Waals surface area contributed by atoms with Crippen molar-refractivity contribution in [2.24, 2.45) is 5.10 Å². The van der Waals surface area contributed by atoms with Crippen molar-refractivity contribution in [2.75, 3.05) is 6.61 Å². The van der Waals surface area contributed by atoms with Gasteiger partial charge in [0.25, 0.3) is 0 Å². The highest BCUT2D eigenvalue weighted by atomic mass is 79.9. The van der Waals surface area contributed by atoms with E-state index in [9.17, 15) is 0 Å². The predicted octanol–water partition coefficient (Wildman–Crippen LogP) is 8.41. The zero-order chi connectivity index (χ0) is 23.5. The number of fused-ring (bicyclic) bond motifs is 3. The van der Waals surface area contributed by atoms with Gasteiger partial charge in [-0.25, -0.2) is 5.01 Å². The second kappa shape index (κ2) is 10.5. The Kier molecular flexibility index (Phi) is 7.26. The van der Waals surface area contributed by atoms with Crippen LogP contribution in [0.2, 0.25) is 0 Å². The van der Waals surface area contributed by atoms with E-state index in [0.717, 1.165) is 62.3 Å². The Morgan fingerprint density at radius 2 is 1.79 bits per heavy atom. The van der Waals surface area contributed by atoms with Gasteiger partial charge in [0.1, 0.15) is 11.5 Å². The Morgan fingerprint density at radius 1 is 1.00 bits per heavy atom. The van der Waals surface area contributed by atoms with Gasteiger partial charge in [0.15, 0.2) is 0 Å². The molecule has 34 heavy (non-hydrogen) atoms. The topological polar surface area (TPSA) is 34.1 Å². The van der Waals surface area contributed by atoms with Crippen LogP contribution in [-0.4, -0.2) is 17.3 Å². The summed E-state index contributed by atoms with van der Waals surface area (Å²) in [6, 6.07) is 23.0. The number of rotatable bonds is 8. The van der Waals surface area contributed by atoms with Crippen LogP contribution in [0.4, 0.5) is 0 Å². The minimum atomic E-state index is -0.310. The molecule has 2 aliphatic heterocycles. The van der Waals surface area contributed by atoms with Crippen LogP contribution < -0.4 is 9.47 Å². The Labute approximate surface area is 218 Å². The predicted molar refractivity (Wildman–Crippen MR) is 143 cm³/mol. The zero-order valence-electron chi connectivity index (χ0n) is 19.2. The molecule has 2 aliphatic rings. The van der Waals surface area contributed by atoms with Crippen LogP contribution in [0.3, 0.4) is 0 Å². The highest BCUT2D eigenvalue weighted by Crippen LogP contribution is 2.50. The summed E-state index contributed by atoms with van der Waals surface area (Å²) in [7, 11) is 0. The number of halogens is 2. The van der Waals surface area contributed by atoms with Crippen LogP contribution in [0.5, 0.6) is 11.5 Å². The van der Waals surface area contributed by atoms with Gasteiger partial charge in [-0.1, -0.05) is 72.4 Å². The molecule has 4 nitrogen and oxygen atoms in total. The lowest BCUT2D eigenvalue weighted by Crippen LogP contribution is -2.33. The summed E-state index contributed by atoms with van der Waals surface area (Å²) in [5.41, 5.74) is 4.43. The Balaban J connectivity index is 1.42. The van der Waals surface area contributed by atoms with Gasteiger partial charge < -0.3 is 9.47 Å². The normalized spacial score (nSPS) is 18.7. The first-order valence-corrected chi connectivity index (χ1v) is 13.5. The van der Waals surface area contributed by atoms with E-state index in [0.29, 0.717) is 0 Å². The minimum absolute atomic E-state index is 0.104.